The Hall–Kier alpha value is -3.90. The van der Waals surface area contributed by atoms with E-state index in [1.807, 2.05) is 18.6 Å². The van der Waals surface area contributed by atoms with E-state index in [0.29, 0.717) is 28.6 Å². The first-order valence-electron chi connectivity index (χ1n) is 14.3. The molecule has 12 heteroatoms. The molecule has 1 saturated carbocycles. The van der Waals surface area contributed by atoms with E-state index in [-0.39, 0.29) is 23.2 Å². The first-order valence-corrected chi connectivity index (χ1v) is 16.0. The minimum atomic E-state index is -4.11. The molecule has 0 atom stereocenters. The lowest BCUT2D eigenvalue weighted by atomic mass is 9.91. The Kier molecular flexibility index (Phi) is 8.79. The number of pyridine rings is 1. The Morgan fingerprint density at radius 1 is 1.02 bits per heavy atom. The third-order valence-corrected chi connectivity index (χ3v) is 9.09. The van der Waals surface area contributed by atoms with Crippen LogP contribution in [0.4, 0.5) is 20.4 Å². The molecule has 1 fully saturated rings. The second kappa shape index (κ2) is 12.4. The van der Waals surface area contributed by atoms with E-state index < -0.39 is 38.7 Å². The van der Waals surface area contributed by atoms with Crippen LogP contribution in [-0.4, -0.2) is 54.0 Å². The van der Waals surface area contributed by atoms with Gasteiger partial charge < -0.3 is 10.2 Å². The Bertz CT molecular complexity index is 1760. The summed E-state index contributed by atoms with van der Waals surface area (Å²) in [6.07, 6.45) is 5.69. The predicted molar refractivity (Wildman–Crippen MR) is 166 cm³/mol. The molecule has 0 amide bonds. The number of aromatic nitrogens is 3. The summed E-state index contributed by atoms with van der Waals surface area (Å²) in [6.45, 7) is 3.66. The zero-order valence-electron chi connectivity index (χ0n) is 24.6. The van der Waals surface area contributed by atoms with E-state index in [1.54, 1.807) is 36.5 Å². The highest BCUT2D eigenvalue weighted by Gasteiger charge is 2.24. The molecule has 2 aromatic carbocycles. The topological polar surface area (TPSA) is 109 Å². The zero-order chi connectivity index (χ0) is 30.9. The SMILES string of the molecule is CC(C)n1c(=O)c(-c2cc(F)c(NS(=O)(=O)Cc3ccccc3)c(F)c2)cc2cnc(NC3CCC(N(C)C)CC3)nc21. The molecule has 1 aliphatic rings. The highest BCUT2D eigenvalue weighted by molar-refractivity contribution is 7.91. The van der Waals surface area contributed by atoms with E-state index in [2.05, 4.69) is 34.3 Å². The summed E-state index contributed by atoms with van der Waals surface area (Å²) in [5.74, 6) is -2.30. The lowest BCUT2D eigenvalue weighted by Gasteiger charge is -2.33. The van der Waals surface area contributed by atoms with Crippen LogP contribution in [0.15, 0.2) is 59.5 Å². The van der Waals surface area contributed by atoms with Gasteiger partial charge in [-0.1, -0.05) is 30.3 Å². The largest absolute Gasteiger partial charge is 0.351 e. The van der Waals surface area contributed by atoms with Gasteiger partial charge in [0, 0.05) is 35.3 Å². The fourth-order valence-corrected chi connectivity index (χ4v) is 6.82. The smallest absolute Gasteiger partial charge is 0.260 e. The van der Waals surface area contributed by atoms with Crippen LogP contribution >= 0.6 is 0 Å². The minimum absolute atomic E-state index is 0.0258. The summed E-state index contributed by atoms with van der Waals surface area (Å²) in [6, 6.07) is 12.2. The molecule has 0 spiro atoms. The monoisotopic (exact) mass is 610 g/mol. The van der Waals surface area contributed by atoms with Crippen LogP contribution in [0.3, 0.4) is 0 Å². The van der Waals surface area contributed by atoms with E-state index in [0.717, 1.165) is 37.8 Å². The molecule has 5 rings (SSSR count). The molecule has 2 N–H and O–H groups in total. The van der Waals surface area contributed by atoms with Gasteiger partial charge >= 0.3 is 0 Å². The molecule has 1 aliphatic carbocycles. The number of hydrogen-bond donors (Lipinski definition) is 2. The highest BCUT2D eigenvalue weighted by atomic mass is 32.2. The molecular formula is C31H36F2N6O3S. The second-order valence-electron chi connectivity index (χ2n) is 11.6. The standard InChI is InChI=1S/C31H36F2N6O3S/c1-19(2)39-29-22(17-34-31(36-29)35-23-10-12-24(13-11-23)38(3)4)14-25(30(39)40)21-15-26(32)28(27(33)16-21)37-43(41,42)18-20-8-6-5-7-9-20/h5-9,14-17,19,23-24,37H,10-13,18H2,1-4H3,(H,34,35,36). The van der Waals surface area contributed by atoms with Crippen LogP contribution in [0, 0.1) is 11.6 Å². The van der Waals surface area contributed by atoms with Crippen molar-refractivity contribution in [1.82, 2.24) is 19.4 Å². The predicted octanol–water partition coefficient (Wildman–Crippen LogP) is 5.54. The molecule has 228 valence electrons. The third-order valence-electron chi connectivity index (χ3n) is 7.86. The van der Waals surface area contributed by atoms with Gasteiger partial charge in [-0.15, -0.1) is 0 Å². The van der Waals surface area contributed by atoms with Crippen molar-refractivity contribution in [1.29, 1.82) is 0 Å². The summed E-state index contributed by atoms with van der Waals surface area (Å²) in [5.41, 5.74) is -0.381. The lowest BCUT2D eigenvalue weighted by Crippen LogP contribution is -2.36. The minimum Gasteiger partial charge on any atom is -0.351 e. The number of sulfonamides is 1. The van der Waals surface area contributed by atoms with Crippen LogP contribution in [-0.2, 0) is 15.8 Å². The molecule has 0 saturated heterocycles. The number of nitrogens with zero attached hydrogens (tertiary/aromatic N) is 4. The van der Waals surface area contributed by atoms with Gasteiger partial charge in [0.2, 0.25) is 16.0 Å². The summed E-state index contributed by atoms with van der Waals surface area (Å²) in [4.78, 5) is 25.1. The number of fused-ring (bicyclic) bond motifs is 1. The number of benzene rings is 2. The first kappa shape index (κ1) is 30.6. The van der Waals surface area contributed by atoms with Gasteiger partial charge in [-0.2, -0.15) is 4.98 Å². The molecule has 0 radical (unpaired) electrons. The van der Waals surface area contributed by atoms with Crippen molar-refractivity contribution in [2.24, 2.45) is 0 Å². The van der Waals surface area contributed by atoms with Gasteiger partial charge in [-0.3, -0.25) is 14.1 Å². The fourth-order valence-electron chi connectivity index (χ4n) is 5.61. The Morgan fingerprint density at radius 3 is 2.28 bits per heavy atom. The number of halogens is 2. The lowest BCUT2D eigenvalue weighted by molar-refractivity contribution is 0.221. The van der Waals surface area contributed by atoms with Crippen molar-refractivity contribution in [2.45, 2.75) is 63.4 Å². The number of hydrogen-bond acceptors (Lipinski definition) is 7. The van der Waals surface area contributed by atoms with Gasteiger partial charge in [0.15, 0.2) is 11.6 Å². The van der Waals surface area contributed by atoms with Crippen molar-refractivity contribution in [3.8, 4) is 11.1 Å². The summed E-state index contributed by atoms with van der Waals surface area (Å²) in [5, 5.41) is 3.93. The quantitative estimate of drug-likeness (QED) is 0.256. The number of anilines is 2. The molecule has 9 nitrogen and oxygen atoms in total. The molecule has 0 bridgehead atoms. The van der Waals surface area contributed by atoms with Gasteiger partial charge in [-0.05, 0) is 83.0 Å². The molecule has 2 aromatic heterocycles. The molecule has 43 heavy (non-hydrogen) atoms. The van der Waals surface area contributed by atoms with Crippen molar-refractivity contribution in [2.75, 3.05) is 24.1 Å². The van der Waals surface area contributed by atoms with Crippen molar-refractivity contribution >= 4 is 32.7 Å². The van der Waals surface area contributed by atoms with Crippen molar-refractivity contribution in [3.05, 3.63) is 82.3 Å². The molecule has 2 heterocycles. The summed E-state index contributed by atoms with van der Waals surface area (Å²) >= 11 is 0. The zero-order valence-corrected chi connectivity index (χ0v) is 25.5. The normalized spacial score (nSPS) is 17.5. The Labute approximate surface area is 250 Å². The van der Waals surface area contributed by atoms with Gasteiger partial charge in [0.05, 0.1) is 5.75 Å². The molecular weight excluding hydrogens is 574 g/mol. The Morgan fingerprint density at radius 2 is 1.67 bits per heavy atom. The average molecular weight is 611 g/mol. The van der Waals surface area contributed by atoms with Crippen molar-refractivity contribution in [3.63, 3.8) is 0 Å². The van der Waals surface area contributed by atoms with E-state index in [9.17, 15) is 13.2 Å². The van der Waals surface area contributed by atoms with Crippen LogP contribution in [0.25, 0.3) is 22.2 Å². The van der Waals surface area contributed by atoms with E-state index in [4.69, 9.17) is 0 Å². The average Bonchev–Trinajstić information content (AvgIpc) is 2.95. The third kappa shape index (κ3) is 6.86. The van der Waals surface area contributed by atoms with Crippen LogP contribution in [0.5, 0.6) is 0 Å². The fraction of sp³-hybridized carbons (Fsp3) is 0.387. The van der Waals surface area contributed by atoms with Crippen LogP contribution < -0.4 is 15.6 Å². The number of nitrogens with one attached hydrogen (secondary N) is 2. The van der Waals surface area contributed by atoms with E-state index >= 15 is 8.78 Å². The molecule has 0 aliphatic heterocycles. The summed E-state index contributed by atoms with van der Waals surface area (Å²) in [7, 11) is 0.0793. The molecule has 4 aromatic rings. The second-order valence-corrected chi connectivity index (χ2v) is 13.3. The van der Waals surface area contributed by atoms with Gasteiger partial charge in [0.25, 0.3) is 5.56 Å². The maximum atomic E-state index is 15.2. The van der Waals surface area contributed by atoms with E-state index in [1.165, 1.54) is 10.6 Å². The Balaban J connectivity index is 1.44. The van der Waals surface area contributed by atoms with Crippen LogP contribution in [0.1, 0.15) is 51.1 Å². The first-order chi connectivity index (χ1) is 20.4. The highest BCUT2D eigenvalue weighted by Crippen LogP contribution is 2.30. The summed E-state index contributed by atoms with van der Waals surface area (Å²) < 4.78 is 59.1. The van der Waals surface area contributed by atoms with Gasteiger partial charge in [-0.25, -0.2) is 22.2 Å². The molecule has 0 unspecified atom stereocenters. The van der Waals surface area contributed by atoms with Crippen molar-refractivity contribution < 1.29 is 17.2 Å². The van der Waals surface area contributed by atoms with Gasteiger partial charge in [0.1, 0.15) is 11.3 Å². The maximum Gasteiger partial charge on any atom is 0.260 e. The number of rotatable bonds is 9. The maximum absolute atomic E-state index is 15.2. The van der Waals surface area contributed by atoms with Crippen LogP contribution in [0.2, 0.25) is 0 Å².